The highest BCUT2D eigenvalue weighted by atomic mass is 16.3. The van der Waals surface area contributed by atoms with Crippen molar-refractivity contribution in [2.24, 2.45) is 5.92 Å². The Labute approximate surface area is 141 Å². The van der Waals surface area contributed by atoms with Gasteiger partial charge in [0.1, 0.15) is 5.76 Å². The van der Waals surface area contributed by atoms with Gasteiger partial charge in [-0.25, -0.2) is 9.97 Å². The number of nitrogens with one attached hydrogen (secondary N) is 1. The van der Waals surface area contributed by atoms with Gasteiger partial charge in [-0.3, -0.25) is 9.69 Å². The highest BCUT2D eigenvalue weighted by Crippen LogP contribution is 2.18. The first-order valence-corrected chi connectivity index (χ1v) is 8.24. The average molecular weight is 329 g/mol. The third kappa shape index (κ3) is 4.11. The molecule has 3 N–H and O–H groups in total. The van der Waals surface area contributed by atoms with Crippen molar-refractivity contribution in [2.75, 3.05) is 25.4 Å². The highest BCUT2D eigenvalue weighted by Gasteiger charge is 2.21. The van der Waals surface area contributed by atoms with Crippen LogP contribution in [0.4, 0.5) is 5.95 Å². The summed E-state index contributed by atoms with van der Waals surface area (Å²) in [5.74, 6) is 1.46. The van der Waals surface area contributed by atoms with Gasteiger partial charge in [0.05, 0.1) is 24.1 Å². The second kappa shape index (κ2) is 7.44. The van der Waals surface area contributed by atoms with Gasteiger partial charge in [0.15, 0.2) is 0 Å². The van der Waals surface area contributed by atoms with E-state index in [4.69, 9.17) is 10.2 Å². The number of likely N-dealkylation sites (tertiary alicyclic amines) is 1. The van der Waals surface area contributed by atoms with Gasteiger partial charge < -0.3 is 15.5 Å². The number of hydrogen-bond donors (Lipinski definition) is 2. The zero-order valence-electron chi connectivity index (χ0n) is 13.9. The van der Waals surface area contributed by atoms with Gasteiger partial charge in [0.25, 0.3) is 5.91 Å². The van der Waals surface area contributed by atoms with E-state index < -0.39 is 0 Å². The molecule has 0 aromatic carbocycles. The Hall–Kier alpha value is -2.41. The number of nitrogen functional groups attached to an aromatic ring is 1. The van der Waals surface area contributed by atoms with Crippen LogP contribution in [0.1, 0.15) is 34.7 Å². The maximum atomic E-state index is 12.3. The Balaban J connectivity index is 1.51. The van der Waals surface area contributed by atoms with Crippen molar-refractivity contribution in [1.29, 1.82) is 0 Å². The molecule has 0 unspecified atom stereocenters. The van der Waals surface area contributed by atoms with E-state index >= 15 is 0 Å². The number of hydrogen-bond acceptors (Lipinski definition) is 6. The van der Waals surface area contributed by atoms with E-state index in [0.717, 1.165) is 38.2 Å². The molecule has 0 radical (unpaired) electrons. The van der Waals surface area contributed by atoms with Crippen LogP contribution in [0.5, 0.6) is 0 Å². The molecule has 2 aromatic heterocycles. The Kier molecular flexibility index (Phi) is 5.10. The third-order valence-electron chi connectivity index (χ3n) is 4.36. The number of anilines is 1. The summed E-state index contributed by atoms with van der Waals surface area (Å²) in [6.07, 6.45) is 5.43. The van der Waals surface area contributed by atoms with Crippen molar-refractivity contribution >= 4 is 11.9 Å². The molecule has 7 nitrogen and oxygen atoms in total. The number of piperidine rings is 1. The molecule has 0 spiro atoms. The summed E-state index contributed by atoms with van der Waals surface area (Å²) in [6, 6.07) is 3.91. The minimum absolute atomic E-state index is 0.143. The fraction of sp³-hybridized carbons (Fsp3) is 0.471. The summed E-state index contributed by atoms with van der Waals surface area (Å²) in [6.45, 7) is 5.26. The zero-order valence-corrected chi connectivity index (χ0v) is 13.9. The highest BCUT2D eigenvalue weighted by molar-refractivity contribution is 5.94. The molecular weight excluding hydrogens is 306 g/mol. The van der Waals surface area contributed by atoms with Crippen LogP contribution in [0, 0.1) is 12.8 Å². The number of carbonyl (C=O) groups excluding carboxylic acids is 1. The summed E-state index contributed by atoms with van der Waals surface area (Å²) >= 11 is 0. The standard InChI is InChI=1S/C17H23N5O2/c1-12-15(9-20-17(18)21-12)16(23)19-8-13-4-2-6-22(10-13)11-14-5-3-7-24-14/h3,5,7,9,13H,2,4,6,8,10-11H2,1H3,(H,19,23)(H2,18,20,21)/t13-/m0/s1. The molecule has 1 fully saturated rings. The molecule has 1 aliphatic heterocycles. The van der Waals surface area contributed by atoms with E-state index in [2.05, 4.69) is 20.2 Å². The summed E-state index contributed by atoms with van der Waals surface area (Å²) in [7, 11) is 0. The Morgan fingerprint density at radius 1 is 1.54 bits per heavy atom. The van der Waals surface area contributed by atoms with Crippen molar-refractivity contribution in [1.82, 2.24) is 20.2 Å². The van der Waals surface area contributed by atoms with E-state index in [0.29, 0.717) is 23.7 Å². The normalized spacial score (nSPS) is 18.5. The zero-order chi connectivity index (χ0) is 16.9. The second-order valence-corrected chi connectivity index (χ2v) is 6.26. The molecule has 1 amide bonds. The number of nitrogens with zero attached hydrogens (tertiary/aromatic N) is 3. The molecule has 2 aromatic rings. The lowest BCUT2D eigenvalue weighted by molar-refractivity contribution is 0.0927. The van der Waals surface area contributed by atoms with Crippen molar-refractivity contribution in [3.63, 3.8) is 0 Å². The first kappa shape index (κ1) is 16.4. The SMILES string of the molecule is Cc1nc(N)ncc1C(=O)NC[C@@H]1CCCN(Cc2ccco2)C1. The number of aromatic nitrogens is 2. The Morgan fingerprint density at radius 2 is 2.42 bits per heavy atom. The lowest BCUT2D eigenvalue weighted by Crippen LogP contribution is -2.40. The topological polar surface area (TPSA) is 97.3 Å². The van der Waals surface area contributed by atoms with Crippen molar-refractivity contribution in [3.05, 3.63) is 41.6 Å². The molecule has 0 bridgehead atoms. The van der Waals surface area contributed by atoms with Gasteiger partial charge in [0.2, 0.25) is 5.95 Å². The van der Waals surface area contributed by atoms with Crippen molar-refractivity contribution in [3.8, 4) is 0 Å². The number of nitrogens with two attached hydrogens (primary N) is 1. The molecule has 1 saturated heterocycles. The van der Waals surface area contributed by atoms with Crippen LogP contribution < -0.4 is 11.1 Å². The van der Waals surface area contributed by atoms with Gasteiger partial charge in [-0.15, -0.1) is 0 Å². The fourth-order valence-electron chi connectivity index (χ4n) is 3.12. The lowest BCUT2D eigenvalue weighted by Gasteiger charge is -2.32. The third-order valence-corrected chi connectivity index (χ3v) is 4.36. The van der Waals surface area contributed by atoms with E-state index in [-0.39, 0.29) is 11.9 Å². The van der Waals surface area contributed by atoms with Crippen LogP contribution in [0.2, 0.25) is 0 Å². The van der Waals surface area contributed by atoms with E-state index in [1.54, 1.807) is 13.2 Å². The molecule has 0 aliphatic carbocycles. The molecule has 7 heteroatoms. The molecule has 3 heterocycles. The minimum Gasteiger partial charge on any atom is -0.468 e. The van der Waals surface area contributed by atoms with Crippen molar-refractivity contribution in [2.45, 2.75) is 26.3 Å². The number of amides is 1. The predicted molar refractivity (Wildman–Crippen MR) is 90.2 cm³/mol. The van der Waals surface area contributed by atoms with Crippen LogP contribution >= 0.6 is 0 Å². The molecular formula is C17H23N5O2. The maximum absolute atomic E-state index is 12.3. The molecule has 1 atom stereocenters. The van der Waals surface area contributed by atoms with Gasteiger partial charge in [0, 0.05) is 19.3 Å². The first-order valence-electron chi connectivity index (χ1n) is 8.24. The monoisotopic (exact) mass is 329 g/mol. The second-order valence-electron chi connectivity index (χ2n) is 6.26. The number of rotatable bonds is 5. The Morgan fingerprint density at radius 3 is 3.17 bits per heavy atom. The lowest BCUT2D eigenvalue weighted by atomic mass is 9.97. The van der Waals surface area contributed by atoms with Crippen LogP contribution in [0.25, 0.3) is 0 Å². The molecule has 0 saturated carbocycles. The van der Waals surface area contributed by atoms with Gasteiger partial charge in [-0.1, -0.05) is 0 Å². The first-order chi connectivity index (χ1) is 11.6. The van der Waals surface area contributed by atoms with Crippen LogP contribution in [0.15, 0.2) is 29.0 Å². The van der Waals surface area contributed by atoms with Crippen LogP contribution in [-0.4, -0.2) is 40.4 Å². The predicted octanol–water partition coefficient (Wildman–Crippen LogP) is 1.60. The summed E-state index contributed by atoms with van der Waals surface area (Å²) < 4.78 is 5.41. The van der Waals surface area contributed by atoms with E-state index in [1.807, 2.05) is 12.1 Å². The largest absolute Gasteiger partial charge is 0.468 e. The van der Waals surface area contributed by atoms with Gasteiger partial charge in [-0.05, 0) is 44.4 Å². The molecule has 1 aliphatic rings. The summed E-state index contributed by atoms with van der Waals surface area (Å²) in [5, 5.41) is 3.00. The molecule has 3 rings (SSSR count). The number of carbonyl (C=O) groups is 1. The van der Waals surface area contributed by atoms with E-state index in [9.17, 15) is 4.79 Å². The summed E-state index contributed by atoms with van der Waals surface area (Å²) in [5.41, 5.74) is 6.60. The Bertz CT molecular complexity index is 686. The van der Waals surface area contributed by atoms with Crippen molar-refractivity contribution < 1.29 is 9.21 Å². The fourth-order valence-corrected chi connectivity index (χ4v) is 3.12. The quantitative estimate of drug-likeness (QED) is 0.865. The van der Waals surface area contributed by atoms with Crippen LogP contribution in [0.3, 0.4) is 0 Å². The average Bonchev–Trinajstić information content (AvgIpc) is 3.06. The summed E-state index contributed by atoms with van der Waals surface area (Å²) in [4.78, 5) is 22.6. The number of furan rings is 1. The number of aryl methyl sites for hydroxylation is 1. The molecule has 128 valence electrons. The van der Waals surface area contributed by atoms with Crippen LogP contribution in [-0.2, 0) is 6.54 Å². The van der Waals surface area contributed by atoms with E-state index in [1.165, 1.54) is 6.20 Å². The minimum atomic E-state index is -0.143. The molecule has 24 heavy (non-hydrogen) atoms. The smallest absolute Gasteiger partial charge is 0.254 e. The van der Waals surface area contributed by atoms with Gasteiger partial charge >= 0.3 is 0 Å². The maximum Gasteiger partial charge on any atom is 0.254 e. The van der Waals surface area contributed by atoms with Gasteiger partial charge in [-0.2, -0.15) is 0 Å².